The van der Waals surface area contributed by atoms with Crippen molar-refractivity contribution in [3.05, 3.63) is 34.9 Å². The molecule has 1 aromatic carbocycles. The molecule has 0 aliphatic rings. The Balaban J connectivity index is 0.00000169. The Bertz CT molecular complexity index is 285. The third kappa shape index (κ3) is 3.42. The van der Waals surface area contributed by atoms with E-state index in [2.05, 4.69) is 0 Å². The molecule has 0 aromatic heterocycles. The van der Waals surface area contributed by atoms with E-state index in [0.717, 1.165) is 0 Å². The van der Waals surface area contributed by atoms with Crippen LogP contribution in [0.3, 0.4) is 0 Å². The van der Waals surface area contributed by atoms with Crippen LogP contribution in [0.4, 0.5) is 4.39 Å². The van der Waals surface area contributed by atoms with Crippen LogP contribution < -0.4 is 5.73 Å². The summed E-state index contributed by atoms with van der Waals surface area (Å²) in [5.74, 6) is 0. The highest BCUT2D eigenvalue weighted by Gasteiger charge is 2.18. The Morgan fingerprint density at radius 2 is 2.14 bits per heavy atom. The van der Waals surface area contributed by atoms with Gasteiger partial charge in [-0.2, -0.15) is 0 Å². The van der Waals surface area contributed by atoms with E-state index in [9.17, 15) is 4.39 Å². The summed E-state index contributed by atoms with van der Waals surface area (Å²) in [5, 5.41) is 9.58. The summed E-state index contributed by atoms with van der Waals surface area (Å²) >= 11 is 5.66. The maximum atomic E-state index is 13.3. The summed E-state index contributed by atoms with van der Waals surface area (Å²) in [6.07, 6.45) is -2.64. The molecule has 0 radical (unpaired) electrons. The van der Waals surface area contributed by atoms with Crippen LogP contribution in [0, 0.1) is 0 Å². The molecule has 0 bridgehead atoms. The predicted octanol–water partition coefficient (Wildman–Crippen LogP) is 2.09. The molecular weight excluding hydrogens is 228 g/mol. The minimum Gasteiger partial charge on any atom is -0.388 e. The molecule has 0 saturated heterocycles. The van der Waals surface area contributed by atoms with E-state index in [4.69, 9.17) is 22.4 Å². The molecule has 1 aromatic rings. The summed E-state index contributed by atoms with van der Waals surface area (Å²) in [7, 11) is 0. The van der Waals surface area contributed by atoms with Crippen LogP contribution in [0.5, 0.6) is 0 Å². The number of aliphatic hydroxyl groups excluding tert-OH is 1. The summed E-state index contributed by atoms with van der Waals surface area (Å²) < 4.78 is 13.3. The van der Waals surface area contributed by atoms with Crippen LogP contribution in [0.25, 0.3) is 0 Å². The molecule has 2 unspecified atom stereocenters. The van der Waals surface area contributed by atoms with Crippen molar-refractivity contribution >= 4 is 24.0 Å². The quantitative estimate of drug-likeness (QED) is 0.849. The van der Waals surface area contributed by atoms with Gasteiger partial charge in [0.15, 0.2) is 6.17 Å². The van der Waals surface area contributed by atoms with Crippen LogP contribution in [0.15, 0.2) is 24.3 Å². The molecule has 2 nitrogen and oxygen atoms in total. The third-order valence-corrected chi connectivity index (χ3v) is 1.98. The molecule has 3 N–H and O–H groups in total. The number of rotatable bonds is 3. The predicted molar refractivity (Wildman–Crippen MR) is 57.6 cm³/mol. The molecule has 80 valence electrons. The maximum Gasteiger partial charge on any atom is 0.152 e. The zero-order chi connectivity index (χ0) is 9.84. The van der Waals surface area contributed by atoms with Crippen LogP contribution in [-0.4, -0.2) is 17.8 Å². The van der Waals surface area contributed by atoms with Gasteiger partial charge in [-0.25, -0.2) is 4.39 Å². The average molecular weight is 240 g/mol. The third-order valence-electron chi connectivity index (χ3n) is 1.75. The van der Waals surface area contributed by atoms with Crippen molar-refractivity contribution in [2.45, 2.75) is 12.3 Å². The summed E-state index contributed by atoms with van der Waals surface area (Å²) in [6.45, 7) is -0.103. The van der Waals surface area contributed by atoms with Crippen molar-refractivity contribution in [3.63, 3.8) is 0 Å². The lowest BCUT2D eigenvalue weighted by atomic mass is 10.1. The molecule has 0 fully saturated rings. The molecular formula is C9H12Cl2FNO. The summed E-state index contributed by atoms with van der Waals surface area (Å²) in [6, 6.07) is 6.32. The highest BCUT2D eigenvalue weighted by molar-refractivity contribution is 6.30. The van der Waals surface area contributed by atoms with Gasteiger partial charge in [0.2, 0.25) is 0 Å². The number of alkyl halides is 1. The molecule has 0 saturated carbocycles. The first kappa shape index (κ1) is 13.7. The number of nitrogens with two attached hydrogens (primary N) is 1. The smallest absolute Gasteiger partial charge is 0.152 e. The van der Waals surface area contributed by atoms with Gasteiger partial charge in [-0.05, 0) is 17.7 Å². The van der Waals surface area contributed by atoms with Crippen molar-refractivity contribution in [2.75, 3.05) is 6.54 Å². The molecule has 0 heterocycles. The maximum absolute atomic E-state index is 13.3. The first-order chi connectivity index (χ1) is 6.15. The monoisotopic (exact) mass is 239 g/mol. The molecule has 2 atom stereocenters. The Hall–Kier alpha value is -0.350. The van der Waals surface area contributed by atoms with E-state index in [1.165, 1.54) is 6.07 Å². The lowest BCUT2D eigenvalue weighted by Gasteiger charge is -2.13. The van der Waals surface area contributed by atoms with Crippen molar-refractivity contribution in [3.8, 4) is 0 Å². The second-order valence-electron chi connectivity index (χ2n) is 2.76. The molecule has 0 aliphatic heterocycles. The number of benzene rings is 1. The van der Waals surface area contributed by atoms with Crippen molar-refractivity contribution < 1.29 is 9.50 Å². The van der Waals surface area contributed by atoms with Gasteiger partial charge in [0.1, 0.15) is 6.10 Å². The Kier molecular flexibility index (Phi) is 6.04. The van der Waals surface area contributed by atoms with Crippen LogP contribution in [0.1, 0.15) is 11.7 Å². The van der Waals surface area contributed by atoms with Crippen LogP contribution in [0.2, 0.25) is 5.02 Å². The number of hydrogen-bond donors (Lipinski definition) is 2. The van der Waals surface area contributed by atoms with E-state index >= 15 is 0 Å². The Labute approximate surface area is 93.3 Å². The van der Waals surface area contributed by atoms with Gasteiger partial charge in [-0.15, -0.1) is 12.4 Å². The first-order valence-corrected chi connectivity index (χ1v) is 4.30. The van der Waals surface area contributed by atoms with E-state index in [1.54, 1.807) is 18.2 Å². The summed E-state index contributed by atoms with van der Waals surface area (Å²) in [4.78, 5) is 0. The van der Waals surface area contributed by atoms with Crippen molar-refractivity contribution in [2.24, 2.45) is 5.73 Å². The van der Waals surface area contributed by atoms with Gasteiger partial charge >= 0.3 is 0 Å². The average Bonchev–Trinajstić information content (AvgIpc) is 2.15. The topological polar surface area (TPSA) is 46.2 Å². The van der Waals surface area contributed by atoms with Gasteiger partial charge < -0.3 is 10.8 Å². The fraction of sp³-hybridized carbons (Fsp3) is 0.333. The van der Waals surface area contributed by atoms with Gasteiger partial charge in [-0.1, -0.05) is 23.7 Å². The highest BCUT2D eigenvalue weighted by Crippen LogP contribution is 2.23. The van der Waals surface area contributed by atoms with Gasteiger partial charge in [0.05, 0.1) is 0 Å². The molecule has 0 aliphatic carbocycles. The summed E-state index contributed by atoms with van der Waals surface area (Å²) in [5.41, 5.74) is 5.48. The second-order valence-corrected chi connectivity index (χ2v) is 3.20. The standard InChI is InChI=1S/C9H11ClFNO.ClH/c10-7-3-1-2-6(4-7)9(11)8(13)5-12;/h1-4,8-9,13H,5,12H2;1H. The highest BCUT2D eigenvalue weighted by atomic mass is 35.5. The van der Waals surface area contributed by atoms with E-state index < -0.39 is 12.3 Å². The lowest BCUT2D eigenvalue weighted by Crippen LogP contribution is -2.24. The van der Waals surface area contributed by atoms with Gasteiger partial charge in [-0.3, -0.25) is 0 Å². The van der Waals surface area contributed by atoms with E-state index in [1.807, 2.05) is 0 Å². The number of hydrogen-bond acceptors (Lipinski definition) is 2. The van der Waals surface area contributed by atoms with Gasteiger partial charge in [0, 0.05) is 11.6 Å². The van der Waals surface area contributed by atoms with Crippen LogP contribution >= 0.6 is 24.0 Å². The number of aliphatic hydroxyl groups is 1. The largest absolute Gasteiger partial charge is 0.388 e. The van der Waals surface area contributed by atoms with Crippen LogP contribution in [-0.2, 0) is 0 Å². The first-order valence-electron chi connectivity index (χ1n) is 3.93. The Morgan fingerprint density at radius 3 is 2.64 bits per heavy atom. The minimum atomic E-state index is -1.47. The fourth-order valence-electron chi connectivity index (χ4n) is 1.02. The normalized spacial score (nSPS) is 14.3. The molecule has 0 spiro atoms. The van der Waals surface area contributed by atoms with Gasteiger partial charge in [0.25, 0.3) is 0 Å². The Morgan fingerprint density at radius 1 is 1.50 bits per heavy atom. The SMILES string of the molecule is Cl.NCC(O)C(F)c1cccc(Cl)c1. The second kappa shape index (κ2) is 6.19. The molecule has 1 rings (SSSR count). The molecule has 5 heteroatoms. The fourth-order valence-corrected chi connectivity index (χ4v) is 1.22. The zero-order valence-corrected chi connectivity index (χ0v) is 8.93. The minimum absolute atomic E-state index is 0. The van der Waals surface area contributed by atoms with Crippen molar-refractivity contribution in [1.82, 2.24) is 0 Å². The molecule has 0 amide bonds. The lowest BCUT2D eigenvalue weighted by molar-refractivity contribution is 0.0847. The zero-order valence-electron chi connectivity index (χ0n) is 7.36. The molecule has 14 heavy (non-hydrogen) atoms. The van der Waals surface area contributed by atoms with E-state index in [-0.39, 0.29) is 19.0 Å². The van der Waals surface area contributed by atoms with Crippen molar-refractivity contribution in [1.29, 1.82) is 0 Å². The number of halogens is 3. The van der Waals surface area contributed by atoms with E-state index in [0.29, 0.717) is 10.6 Å².